The van der Waals surface area contributed by atoms with Crippen molar-refractivity contribution in [3.05, 3.63) is 53.6 Å². The van der Waals surface area contributed by atoms with E-state index in [1.54, 1.807) is 14.2 Å². The van der Waals surface area contributed by atoms with Gasteiger partial charge in [0.1, 0.15) is 11.6 Å². The number of anilines is 1. The first-order chi connectivity index (χ1) is 19.5. The zero-order valence-electron chi connectivity index (χ0n) is 24.1. The number of nitrogens with one attached hydrogen (secondary N) is 2. The van der Waals surface area contributed by atoms with E-state index < -0.39 is 29.8 Å². The number of ether oxygens (including phenoxy) is 2. The van der Waals surface area contributed by atoms with Gasteiger partial charge in [0, 0.05) is 29.1 Å². The van der Waals surface area contributed by atoms with Crippen LogP contribution in [0.4, 0.5) is 32.4 Å². The molecule has 1 aliphatic heterocycles. The maximum atomic E-state index is 14.0. The third-order valence-electron chi connectivity index (χ3n) is 7.83. The van der Waals surface area contributed by atoms with E-state index in [4.69, 9.17) is 19.4 Å². The largest absolute Gasteiger partial charge is 0.493 e. The van der Waals surface area contributed by atoms with E-state index in [-0.39, 0.29) is 28.7 Å². The number of hydrogen-bond acceptors (Lipinski definition) is 5. The molecular formula is C29H36F5N3O5. The van der Waals surface area contributed by atoms with Gasteiger partial charge in [-0.3, -0.25) is 4.90 Å². The Balaban J connectivity index is 0.000000616. The molecule has 2 amide bonds. The number of rotatable bonds is 5. The van der Waals surface area contributed by atoms with Gasteiger partial charge in [0.2, 0.25) is 0 Å². The van der Waals surface area contributed by atoms with Crippen molar-refractivity contribution in [2.24, 2.45) is 0 Å². The van der Waals surface area contributed by atoms with Gasteiger partial charge in [0.15, 0.2) is 11.5 Å². The number of carbonyl (C=O) groups excluding carboxylic acids is 1. The van der Waals surface area contributed by atoms with Crippen molar-refractivity contribution in [1.29, 1.82) is 0 Å². The van der Waals surface area contributed by atoms with Gasteiger partial charge in [-0.25, -0.2) is 18.4 Å². The Morgan fingerprint density at radius 1 is 1.00 bits per heavy atom. The fraction of sp³-hybridized carbons (Fsp3) is 0.517. The van der Waals surface area contributed by atoms with Crippen LogP contribution in [0.2, 0.25) is 0 Å². The Labute approximate surface area is 241 Å². The monoisotopic (exact) mass is 601 g/mol. The molecule has 232 valence electrons. The van der Waals surface area contributed by atoms with Crippen LogP contribution in [0.3, 0.4) is 0 Å². The third-order valence-corrected chi connectivity index (χ3v) is 7.83. The van der Waals surface area contributed by atoms with Crippen molar-refractivity contribution in [2.75, 3.05) is 26.1 Å². The van der Waals surface area contributed by atoms with Gasteiger partial charge >= 0.3 is 18.2 Å². The number of alkyl halides is 3. The molecule has 2 aliphatic rings. The lowest BCUT2D eigenvalue weighted by Crippen LogP contribution is -2.56. The molecule has 0 unspecified atom stereocenters. The number of carboxylic acid groups (broad SMARTS) is 1. The lowest BCUT2D eigenvalue weighted by atomic mass is 9.64. The van der Waals surface area contributed by atoms with Crippen molar-refractivity contribution >= 4 is 17.7 Å². The average molecular weight is 602 g/mol. The SMILES string of the molecule is COc1ccc([C@@]23CC[C@@H](NC(=O)Nc4cc(F)ccc4F)C[C@@H]2N(C(C)(C)C)CC3)cc1OC.O=C(O)C(F)(F)F. The molecule has 4 rings (SSSR count). The standard InChI is InChI=1S/C27H35F2N3O3.C2HF3O2/c1-26(2,3)32-13-12-27(17-6-9-22(34-4)23(14-17)35-5)11-10-19(16-24(27)32)30-25(33)31-21-15-18(28)7-8-20(21)29;3-2(4,5)1(6)7/h6-9,14-15,19,24H,10-13,16H2,1-5H3,(H2,30,31,33);(H,6,7)/t19-,24+,27+;/m1./s1. The second-order valence-corrected chi connectivity index (χ2v) is 11.4. The van der Waals surface area contributed by atoms with Gasteiger partial charge in [0.05, 0.1) is 19.9 Å². The molecule has 8 nitrogen and oxygen atoms in total. The molecule has 1 saturated heterocycles. The maximum absolute atomic E-state index is 14.0. The Morgan fingerprint density at radius 2 is 1.64 bits per heavy atom. The van der Waals surface area contributed by atoms with Crippen LogP contribution >= 0.6 is 0 Å². The molecule has 42 heavy (non-hydrogen) atoms. The van der Waals surface area contributed by atoms with E-state index in [2.05, 4.69) is 48.4 Å². The van der Waals surface area contributed by atoms with Gasteiger partial charge in [-0.2, -0.15) is 13.2 Å². The summed E-state index contributed by atoms with van der Waals surface area (Å²) in [6.07, 6.45) is -1.65. The number of urea groups is 1. The molecule has 3 atom stereocenters. The van der Waals surface area contributed by atoms with Crippen LogP contribution < -0.4 is 20.1 Å². The number of likely N-dealkylation sites (tertiary alicyclic amines) is 1. The Bertz CT molecular complexity index is 1280. The average Bonchev–Trinajstić information content (AvgIpc) is 3.30. The highest BCUT2D eigenvalue weighted by atomic mass is 19.4. The molecule has 0 radical (unpaired) electrons. The molecule has 2 aromatic rings. The summed E-state index contributed by atoms with van der Waals surface area (Å²) < 4.78 is 70.3. The quantitative estimate of drug-likeness (QED) is 0.358. The number of carboxylic acids is 1. The maximum Gasteiger partial charge on any atom is 0.490 e. The molecule has 2 aromatic carbocycles. The number of aliphatic carboxylic acids is 1. The molecule has 2 fully saturated rings. The number of fused-ring (bicyclic) bond motifs is 1. The summed E-state index contributed by atoms with van der Waals surface area (Å²) in [5.74, 6) is -2.62. The number of methoxy groups -OCH3 is 2. The molecule has 0 aromatic heterocycles. The molecule has 1 saturated carbocycles. The molecule has 1 aliphatic carbocycles. The lowest BCUT2D eigenvalue weighted by molar-refractivity contribution is -0.192. The number of nitrogens with zero attached hydrogens (tertiary/aromatic N) is 1. The van der Waals surface area contributed by atoms with Crippen molar-refractivity contribution in [3.8, 4) is 11.5 Å². The van der Waals surface area contributed by atoms with E-state index in [1.807, 2.05) is 6.07 Å². The summed E-state index contributed by atoms with van der Waals surface area (Å²) in [7, 11) is 3.28. The number of benzene rings is 2. The van der Waals surface area contributed by atoms with Crippen LogP contribution in [0.25, 0.3) is 0 Å². The third kappa shape index (κ3) is 7.42. The van der Waals surface area contributed by atoms with Crippen LogP contribution in [0.5, 0.6) is 11.5 Å². The van der Waals surface area contributed by atoms with Crippen LogP contribution in [0, 0.1) is 11.6 Å². The minimum Gasteiger partial charge on any atom is -0.493 e. The smallest absolute Gasteiger partial charge is 0.490 e. The highest BCUT2D eigenvalue weighted by Gasteiger charge is 2.54. The second-order valence-electron chi connectivity index (χ2n) is 11.4. The molecular weight excluding hydrogens is 565 g/mol. The van der Waals surface area contributed by atoms with Crippen molar-refractivity contribution in [2.45, 2.75) is 75.7 Å². The first kappa shape index (κ1) is 32.9. The Hall–Kier alpha value is -3.61. The van der Waals surface area contributed by atoms with E-state index in [0.717, 1.165) is 50.4 Å². The van der Waals surface area contributed by atoms with Crippen LogP contribution in [-0.2, 0) is 10.2 Å². The number of amides is 2. The predicted octanol–water partition coefficient (Wildman–Crippen LogP) is 6.10. The fourth-order valence-electron chi connectivity index (χ4n) is 5.90. The highest BCUT2D eigenvalue weighted by molar-refractivity contribution is 5.89. The normalized spacial score (nSPS) is 22.3. The number of halogens is 5. The topological polar surface area (TPSA) is 100 Å². The van der Waals surface area contributed by atoms with Crippen LogP contribution in [-0.4, -0.2) is 66.6 Å². The van der Waals surface area contributed by atoms with E-state index >= 15 is 0 Å². The van der Waals surface area contributed by atoms with Gasteiger partial charge in [-0.1, -0.05) is 6.07 Å². The van der Waals surface area contributed by atoms with Gasteiger partial charge < -0.3 is 25.2 Å². The Kier molecular flexibility index (Phi) is 9.96. The van der Waals surface area contributed by atoms with Gasteiger partial charge in [-0.05, 0) is 82.8 Å². The Morgan fingerprint density at radius 3 is 2.21 bits per heavy atom. The highest BCUT2D eigenvalue weighted by Crippen LogP contribution is 2.52. The molecule has 0 bridgehead atoms. The van der Waals surface area contributed by atoms with Crippen LogP contribution in [0.1, 0.15) is 52.0 Å². The van der Waals surface area contributed by atoms with Crippen LogP contribution in [0.15, 0.2) is 36.4 Å². The number of hydrogen-bond donors (Lipinski definition) is 3. The zero-order valence-corrected chi connectivity index (χ0v) is 24.1. The summed E-state index contributed by atoms with van der Waals surface area (Å²) in [5.41, 5.74) is 0.931. The van der Waals surface area contributed by atoms with Crippen molar-refractivity contribution < 1.29 is 46.1 Å². The summed E-state index contributed by atoms with van der Waals surface area (Å²) >= 11 is 0. The zero-order chi connectivity index (χ0) is 31.5. The summed E-state index contributed by atoms with van der Waals surface area (Å²) in [6.45, 7) is 7.60. The van der Waals surface area contributed by atoms with Crippen molar-refractivity contribution in [3.63, 3.8) is 0 Å². The molecule has 0 spiro atoms. The predicted molar refractivity (Wildman–Crippen MR) is 146 cm³/mol. The van der Waals surface area contributed by atoms with Gasteiger partial charge in [-0.15, -0.1) is 0 Å². The van der Waals surface area contributed by atoms with Gasteiger partial charge in [0.25, 0.3) is 0 Å². The summed E-state index contributed by atoms with van der Waals surface area (Å²) in [4.78, 5) is 24.1. The lowest BCUT2D eigenvalue weighted by Gasteiger charge is -2.48. The first-order valence-electron chi connectivity index (χ1n) is 13.3. The molecule has 1 heterocycles. The fourth-order valence-corrected chi connectivity index (χ4v) is 5.90. The minimum atomic E-state index is -5.08. The van der Waals surface area contributed by atoms with E-state index in [0.29, 0.717) is 11.5 Å². The summed E-state index contributed by atoms with van der Waals surface area (Å²) in [6, 6.07) is 8.77. The molecule has 3 N–H and O–H groups in total. The summed E-state index contributed by atoms with van der Waals surface area (Å²) in [5, 5.41) is 12.6. The minimum absolute atomic E-state index is 0.0438. The second kappa shape index (κ2) is 12.7. The van der Waals surface area contributed by atoms with Crippen molar-refractivity contribution in [1.82, 2.24) is 10.2 Å². The molecule has 13 heteroatoms. The van der Waals surface area contributed by atoms with E-state index in [9.17, 15) is 26.7 Å². The first-order valence-corrected chi connectivity index (χ1v) is 13.3. The van der Waals surface area contributed by atoms with E-state index in [1.165, 1.54) is 5.56 Å². The number of carbonyl (C=O) groups is 2.